The third kappa shape index (κ3) is 2.36. The van der Waals surface area contributed by atoms with Crippen molar-refractivity contribution in [3.05, 3.63) is 48.7 Å². The van der Waals surface area contributed by atoms with Gasteiger partial charge in [0.15, 0.2) is 0 Å². The Labute approximate surface area is 128 Å². The van der Waals surface area contributed by atoms with E-state index in [1.165, 1.54) is 6.26 Å². The zero-order valence-corrected chi connectivity index (χ0v) is 12.2. The van der Waals surface area contributed by atoms with Gasteiger partial charge in [0.25, 0.3) is 5.91 Å². The van der Waals surface area contributed by atoms with E-state index < -0.39 is 0 Å². The summed E-state index contributed by atoms with van der Waals surface area (Å²) >= 11 is 0. The summed E-state index contributed by atoms with van der Waals surface area (Å²) in [5, 5.41) is 0. The topological polar surface area (TPSA) is 55.6 Å². The molecular weight excluding hydrogens is 280 g/mol. The van der Waals surface area contributed by atoms with E-state index in [9.17, 15) is 4.79 Å². The van der Waals surface area contributed by atoms with E-state index in [-0.39, 0.29) is 24.1 Å². The first kappa shape index (κ1) is 13.4. The third-order valence-electron chi connectivity index (χ3n) is 4.63. The normalized spacial score (nSPS) is 26.9. The maximum Gasteiger partial charge on any atom is 0.257 e. The zero-order valence-electron chi connectivity index (χ0n) is 12.2. The van der Waals surface area contributed by atoms with Gasteiger partial charge in [0, 0.05) is 31.1 Å². The van der Waals surface area contributed by atoms with Crippen molar-refractivity contribution < 1.29 is 13.9 Å². The van der Waals surface area contributed by atoms with Crippen molar-refractivity contribution >= 4 is 5.91 Å². The molecule has 2 aliphatic rings. The SMILES string of the molecule is O=C(c1ccoc1)N1C2CCC1CC(Oc1cccnc1)C2. The van der Waals surface area contributed by atoms with Crippen LogP contribution in [0, 0.1) is 0 Å². The third-order valence-corrected chi connectivity index (χ3v) is 4.63. The molecule has 2 unspecified atom stereocenters. The van der Waals surface area contributed by atoms with E-state index in [2.05, 4.69) is 4.98 Å². The number of hydrogen-bond donors (Lipinski definition) is 0. The van der Waals surface area contributed by atoms with Gasteiger partial charge < -0.3 is 14.1 Å². The molecule has 2 aromatic rings. The van der Waals surface area contributed by atoms with E-state index in [0.717, 1.165) is 31.4 Å². The Morgan fingerprint density at radius 1 is 1.27 bits per heavy atom. The quantitative estimate of drug-likeness (QED) is 0.874. The van der Waals surface area contributed by atoms with Crippen LogP contribution in [0.2, 0.25) is 0 Å². The average Bonchev–Trinajstić information content (AvgIpc) is 3.15. The highest BCUT2D eigenvalue weighted by Crippen LogP contribution is 2.38. The first-order valence-corrected chi connectivity index (χ1v) is 7.73. The predicted molar refractivity (Wildman–Crippen MR) is 79.6 cm³/mol. The molecule has 0 saturated carbocycles. The number of aromatic nitrogens is 1. The molecule has 5 nitrogen and oxygen atoms in total. The molecule has 0 spiro atoms. The summed E-state index contributed by atoms with van der Waals surface area (Å²) in [5.74, 6) is 0.891. The molecule has 0 N–H and O–H groups in total. The van der Waals surface area contributed by atoms with Crippen LogP contribution in [0.4, 0.5) is 0 Å². The second-order valence-electron chi connectivity index (χ2n) is 6.01. The minimum atomic E-state index is 0.0843. The molecule has 0 aromatic carbocycles. The van der Waals surface area contributed by atoms with Crippen molar-refractivity contribution in [3.63, 3.8) is 0 Å². The van der Waals surface area contributed by atoms with Crippen LogP contribution in [0.25, 0.3) is 0 Å². The van der Waals surface area contributed by atoms with Crippen LogP contribution in [0.3, 0.4) is 0 Å². The molecule has 5 heteroatoms. The Bertz CT molecular complexity index is 627. The van der Waals surface area contributed by atoms with Gasteiger partial charge in [-0.2, -0.15) is 0 Å². The van der Waals surface area contributed by atoms with Gasteiger partial charge in [-0.15, -0.1) is 0 Å². The largest absolute Gasteiger partial charge is 0.489 e. The predicted octanol–water partition coefficient (Wildman–Crippen LogP) is 2.89. The van der Waals surface area contributed by atoms with Crippen LogP contribution < -0.4 is 4.74 Å². The number of ether oxygens (including phenoxy) is 1. The van der Waals surface area contributed by atoms with Crippen LogP contribution in [-0.4, -0.2) is 34.0 Å². The molecule has 2 bridgehead atoms. The highest BCUT2D eigenvalue weighted by atomic mass is 16.5. The number of carbonyl (C=O) groups excluding carboxylic acids is 1. The lowest BCUT2D eigenvalue weighted by molar-refractivity contribution is 0.0357. The highest BCUT2D eigenvalue weighted by molar-refractivity contribution is 5.94. The lowest BCUT2D eigenvalue weighted by atomic mass is 9.98. The van der Waals surface area contributed by atoms with Gasteiger partial charge in [-0.1, -0.05) is 0 Å². The highest BCUT2D eigenvalue weighted by Gasteiger charge is 2.44. The van der Waals surface area contributed by atoms with E-state index in [1.54, 1.807) is 24.7 Å². The van der Waals surface area contributed by atoms with Crippen LogP contribution in [-0.2, 0) is 0 Å². The Balaban J connectivity index is 1.47. The second kappa shape index (κ2) is 5.48. The van der Waals surface area contributed by atoms with E-state index in [0.29, 0.717) is 5.56 Å². The number of nitrogens with zero attached hydrogens (tertiary/aromatic N) is 2. The summed E-state index contributed by atoms with van der Waals surface area (Å²) in [6, 6.07) is 6.07. The second-order valence-corrected chi connectivity index (χ2v) is 6.01. The summed E-state index contributed by atoms with van der Waals surface area (Å²) in [5.41, 5.74) is 0.642. The van der Waals surface area contributed by atoms with Crippen molar-refractivity contribution in [2.45, 2.75) is 43.9 Å². The average molecular weight is 298 g/mol. The van der Waals surface area contributed by atoms with Crippen molar-refractivity contribution in [2.24, 2.45) is 0 Å². The summed E-state index contributed by atoms with van der Waals surface area (Å²) in [6.45, 7) is 0. The van der Waals surface area contributed by atoms with Gasteiger partial charge in [0.1, 0.15) is 18.1 Å². The van der Waals surface area contributed by atoms with Crippen molar-refractivity contribution in [2.75, 3.05) is 0 Å². The van der Waals surface area contributed by atoms with E-state index >= 15 is 0 Å². The fourth-order valence-electron chi connectivity index (χ4n) is 3.70. The lowest BCUT2D eigenvalue weighted by Gasteiger charge is -2.38. The molecule has 2 aromatic heterocycles. The molecule has 114 valence electrons. The Kier molecular flexibility index (Phi) is 3.33. The first-order chi connectivity index (χ1) is 10.8. The van der Waals surface area contributed by atoms with Crippen LogP contribution in [0.15, 0.2) is 47.5 Å². The van der Waals surface area contributed by atoms with E-state index in [4.69, 9.17) is 9.15 Å². The molecule has 4 rings (SSSR count). The Morgan fingerprint density at radius 3 is 2.73 bits per heavy atom. The van der Waals surface area contributed by atoms with E-state index in [1.807, 2.05) is 17.0 Å². The summed E-state index contributed by atoms with van der Waals surface area (Å²) in [4.78, 5) is 18.7. The first-order valence-electron chi connectivity index (χ1n) is 7.73. The fraction of sp³-hybridized carbons (Fsp3) is 0.412. The van der Waals surface area contributed by atoms with Crippen molar-refractivity contribution in [1.82, 2.24) is 9.88 Å². The van der Waals surface area contributed by atoms with Gasteiger partial charge in [0.2, 0.25) is 0 Å². The van der Waals surface area contributed by atoms with Gasteiger partial charge in [-0.25, -0.2) is 0 Å². The molecule has 2 saturated heterocycles. The lowest BCUT2D eigenvalue weighted by Crippen LogP contribution is -2.49. The maximum absolute atomic E-state index is 12.6. The number of piperidine rings is 1. The fourth-order valence-corrected chi connectivity index (χ4v) is 3.70. The Morgan fingerprint density at radius 2 is 2.09 bits per heavy atom. The van der Waals surface area contributed by atoms with Crippen LogP contribution in [0.1, 0.15) is 36.0 Å². The molecule has 2 aliphatic heterocycles. The van der Waals surface area contributed by atoms with Crippen molar-refractivity contribution in [1.29, 1.82) is 0 Å². The van der Waals surface area contributed by atoms with Crippen LogP contribution >= 0.6 is 0 Å². The Hall–Kier alpha value is -2.30. The number of fused-ring (bicyclic) bond motifs is 2. The number of pyridine rings is 1. The molecular formula is C17H18N2O3. The number of carbonyl (C=O) groups is 1. The van der Waals surface area contributed by atoms with Gasteiger partial charge >= 0.3 is 0 Å². The molecule has 0 aliphatic carbocycles. The summed E-state index contributed by atoms with van der Waals surface area (Å²) in [7, 11) is 0. The minimum Gasteiger partial charge on any atom is -0.489 e. The van der Waals surface area contributed by atoms with Gasteiger partial charge in [0.05, 0.1) is 18.0 Å². The monoisotopic (exact) mass is 298 g/mol. The molecule has 2 fully saturated rings. The number of hydrogen-bond acceptors (Lipinski definition) is 4. The maximum atomic E-state index is 12.6. The smallest absolute Gasteiger partial charge is 0.257 e. The number of rotatable bonds is 3. The molecule has 0 radical (unpaired) electrons. The number of amides is 1. The van der Waals surface area contributed by atoms with Crippen molar-refractivity contribution in [3.8, 4) is 5.75 Å². The molecule has 4 heterocycles. The zero-order chi connectivity index (χ0) is 14.9. The summed E-state index contributed by atoms with van der Waals surface area (Å²) < 4.78 is 11.1. The van der Waals surface area contributed by atoms with Crippen LogP contribution in [0.5, 0.6) is 5.75 Å². The van der Waals surface area contributed by atoms with Gasteiger partial charge in [-0.3, -0.25) is 9.78 Å². The molecule has 22 heavy (non-hydrogen) atoms. The number of furan rings is 1. The standard InChI is InChI=1S/C17H18N2O3/c20-17(12-5-7-21-11-12)19-13-3-4-14(19)9-16(8-13)22-15-2-1-6-18-10-15/h1-2,5-7,10-11,13-14,16H,3-4,8-9H2. The molecule has 2 atom stereocenters. The molecule has 1 amide bonds. The summed E-state index contributed by atoms with van der Waals surface area (Å²) in [6.07, 6.45) is 10.6. The van der Waals surface area contributed by atoms with Gasteiger partial charge in [-0.05, 0) is 31.0 Å². The minimum absolute atomic E-state index is 0.0843.